The van der Waals surface area contributed by atoms with Gasteiger partial charge in [-0.1, -0.05) is 18.2 Å². The minimum atomic E-state index is -0.943. The van der Waals surface area contributed by atoms with Crippen molar-refractivity contribution in [2.75, 3.05) is 0 Å². The van der Waals surface area contributed by atoms with Crippen molar-refractivity contribution in [2.45, 2.75) is 6.54 Å². The average molecular weight is 211 g/mol. The second-order valence-corrected chi connectivity index (χ2v) is 2.74. The molecule has 0 bridgehead atoms. The van der Waals surface area contributed by atoms with Gasteiger partial charge >= 0.3 is 6.03 Å². The van der Waals surface area contributed by atoms with Crippen LogP contribution >= 0.6 is 0 Å². The Hall–Kier alpha value is -1.95. The average Bonchev–Trinajstić information content (AvgIpc) is 2.21. The third-order valence-electron chi connectivity index (χ3n) is 1.74. The fourth-order valence-corrected chi connectivity index (χ4v) is 0.979. The molecule has 0 heterocycles. The molecular formula is C9H10FN3O2. The quantitative estimate of drug-likeness (QED) is 0.558. The smallest absolute Gasteiger partial charge is 0.336 e. The molecule has 3 amide bonds. The van der Waals surface area contributed by atoms with Crippen LogP contribution in [-0.2, 0) is 11.3 Å². The van der Waals surface area contributed by atoms with E-state index in [0.29, 0.717) is 10.6 Å². The Kier molecular flexibility index (Phi) is 3.75. The second-order valence-electron chi connectivity index (χ2n) is 2.74. The maximum absolute atomic E-state index is 13.1. The summed E-state index contributed by atoms with van der Waals surface area (Å²) in [6, 6.07) is 5.07. The minimum absolute atomic E-state index is 0.00829. The number of imide groups is 1. The maximum atomic E-state index is 13.1. The van der Waals surface area contributed by atoms with E-state index in [1.165, 1.54) is 12.1 Å². The predicted octanol–water partition coefficient (Wildman–Crippen LogP) is 0.367. The van der Waals surface area contributed by atoms with Crippen LogP contribution in [0.4, 0.5) is 9.18 Å². The van der Waals surface area contributed by atoms with Crippen LogP contribution in [0.5, 0.6) is 0 Å². The van der Waals surface area contributed by atoms with Gasteiger partial charge in [0.2, 0.25) is 6.41 Å². The number of nitrogens with one attached hydrogen (secondary N) is 1. The highest BCUT2D eigenvalue weighted by Crippen LogP contribution is 2.05. The Morgan fingerprint density at radius 1 is 1.53 bits per heavy atom. The van der Waals surface area contributed by atoms with Gasteiger partial charge in [-0.3, -0.25) is 4.79 Å². The summed E-state index contributed by atoms with van der Waals surface area (Å²) in [6.07, 6.45) is 0.225. The first-order chi connectivity index (χ1) is 7.15. The van der Waals surface area contributed by atoms with Crippen molar-refractivity contribution in [1.29, 1.82) is 0 Å². The zero-order chi connectivity index (χ0) is 11.3. The number of benzene rings is 1. The normalized spacial score (nSPS) is 9.67. The number of amides is 3. The second kappa shape index (κ2) is 5.06. The van der Waals surface area contributed by atoms with Gasteiger partial charge in [0, 0.05) is 12.1 Å². The van der Waals surface area contributed by atoms with E-state index in [-0.39, 0.29) is 13.0 Å². The number of rotatable bonds is 4. The Labute approximate surface area is 85.6 Å². The molecule has 0 fully saturated rings. The van der Waals surface area contributed by atoms with Crippen LogP contribution in [0.15, 0.2) is 24.3 Å². The summed E-state index contributed by atoms with van der Waals surface area (Å²) < 4.78 is 13.1. The van der Waals surface area contributed by atoms with Gasteiger partial charge in [-0.05, 0) is 6.07 Å². The van der Waals surface area contributed by atoms with Gasteiger partial charge in [0.05, 0.1) is 0 Å². The molecule has 0 saturated heterocycles. The van der Waals surface area contributed by atoms with Crippen molar-refractivity contribution in [3.63, 3.8) is 0 Å². The first kappa shape index (κ1) is 11.1. The zero-order valence-corrected chi connectivity index (χ0v) is 7.81. The monoisotopic (exact) mass is 211 g/mol. The van der Waals surface area contributed by atoms with E-state index in [4.69, 9.17) is 5.73 Å². The number of urea groups is 1. The fraction of sp³-hybridized carbons (Fsp3) is 0.111. The first-order valence-corrected chi connectivity index (χ1v) is 4.16. The summed E-state index contributed by atoms with van der Waals surface area (Å²) in [5, 5.41) is 0.548. The topological polar surface area (TPSA) is 75.4 Å². The van der Waals surface area contributed by atoms with Crippen LogP contribution in [0.25, 0.3) is 0 Å². The largest absolute Gasteiger partial charge is 0.350 e. The molecule has 1 aromatic rings. The summed E-state index contributed by atoms with van der Waals surface area (Å²) in [5.74, 6) is -0.416. The molecule has 5 nitrogen and oxygen atoms in total. The van der Waals surface area contributed by atoms with Gasteiger partial charge in [0.1, 0.15) is 5.82 Å². The molecule has 0 aliphatic carbocycles. The van der Waals surface area contributed by atoms with E-state index >= 15 is 0 Å². The highest BCUT2D eigenvalue weighted by molar-refractivity contribution is 5.82. The molecule has 15 heavy (non-hydrogen) atoms. The van der Waals surface area contributed by atoms with Crippen molar-refractivity contribution in [2.24, 2.45) is 5.73 Å². The molecule has 0 aliphatic heterocycles. The number of nitrogens with two attached hydrogens (primary N) is 1. The standard InChI is InChI=1S/C9H10FN3O2/c10-8-4-2-1-3-7(8)5-12-13(6-14)9(11)15/h1-4,6,12H,5H2,(H2,11,15). The maximum Gasteiger partial charge on any atom is 0.336 e. The third-order valence-corrected chi connectivity index (χ3v) is 1.74. The van der Waals surface area contributed by atoms with Gasteiger partial charge in [-0.15, -0.1) is 0 Å². The number of carbonyl (C=O) groups is 2. The molecule has 0 atom stereocenters. The SMILES string of the molecule is NC(=O)N(C=O)NCc1ccccc1F. The van der Waals surface area contributed by atoms with Crippen molar-refractivity contribution in [3.8, 4) is 0 Å². The van der Waals surface area contributed by atoms with Gasteiger partial charge in [0.15, 0.2) is 0 Å². The molecule has 80 valence electrons. The molecule has 0 saturated carbocycles. The van der Waals surface area contributed by atoms with Crippen LogP contribution < -0.4 is 11.2 Å². The molecule has 6 heteroatoms. The molecule has 0 spiro atoms. The highest BCUT2D eigenvalue weighted by Gasteiger charge is 2.08. The van der Waals surface area contributed by atoms with E-state index in [1.807, 2.05) is 0 Å². The molecule has 1 rings (SSSR count). The van der Waals surface area contributed by atoms with E-state index in [2.05, 4.69) is 5.43 Å². The number of hydrogen-bond donors (Lipinski definition) is 2. The molecule has 0 aliphatic rings. The number of hydrazine groups is 1. The molecule has 0 unspecified atom stereocenters. The molecule has 0 aromatic heterocycles. The molecule has 0 radical (unpaired) electrons. The van der Waals surface area contributed by atoms with Gasteiger partial charge in [0.25, 0.3) is 0 Å². The number of hydrogen-bond acceptors (Lipinski definition) is 3. The first-order valence-electron chi connectivity index (χ1n) is 4.16. The molecule has 3 N–H and O–H groups in total. The molecule has 1 aromatic carbocycles. The third kappa shape index (κ3) is 3.03. The van der Waals surface area contributed by atoms with Crippen LogP contribution in [0, 0.1) is 5.82 Å². The number of halogens is 1. The van der Waals surface area contributed by atoms with Crippen LogP contribution in [0.2, 0.25) is 0 Å². The van der Waals surface area contributed by atoms with Crippen LogP contribution in [-0.4, -0.2) is 17.5 Å². The fourth-order valence-electron chi connectivity index (χ4n) is 0.979. The van der Waals surface area contributed by atoms with Gasteiger partial charge < -0.3 is 5.73 Å². The minimum Gasteiger partial charge on any atom is -0.350 e. The Balaban J connectivity index is 2.60. The van der Waals surface area contributed by atoms with E-state index in [0.717, 1.165) is 0 Å². The van der Waals surface area contributed by atoms with E-state index in [1.54, 1.807) is 12.1 Å². The van der Waals surface area contributed by atoms with Crippen molar-refractivity contribution in [3.05, 3.63) is 35.6 Å². The summed E-state index contributed by atoms with van der Waals surface area (Å²) in [5.41, 5.74) is 7.56. The lowest BCUT2D eigenvalue weighted by Crippen LogP contribution is -2.44. The predicted molar refractivity (Wildman–Crippen MR) is 50.7 cm³/mol. The number of nitrogens with zero attached hydrogens (tertiary/aromatic N) is 1. The zero-order valence-electron chi connectivity index (χ0n) is 7.81. The van der Waals surface area contributed by atoms with Gasteiger partial charge in [-0.2, -0.15) is 5.01 Å². The van der Waals surface area contributed by atoms with Crippen LogP contribution in [0.1, 0.15) is 5.56 Å². The lowest BCUT2D eigenvalue weighted by Gasteiger charge is -2.13. The summed E-state index contributed by atoms with van der Waals surface area (Å²) in [6.45, 7) is 0.00829. The van der Waals surface area contributed by atoms with E-state index in [9.17, 15) is 14.0 Å². The van der Waals surface area contributed by atoms with E-state index < -0.39 is 11.8 Å². The van der Waals surface area contributed by atoms with Gasteiger partial charge in [-0.25, -0.2) is 14.6 Å². The summed E-state index contributed by atoms with van der Waals surface area (Å²) in [4.78, 5) is 20.9. The van der Waals surface area contributed by atoms with Crippen molar-refractivity contribution in [1.82, 2.24) is 10.4 Å². The number of primary amides is 1. The van der Waals surface area contributed by atoms with Crippen molar-refractivity contribution >= 4 is 12.4 Å². The van der Waals surface area contributed by atoms with Crippen molar-refractivity contribution < 1.29 is 14.0 Å². The Morgan fingerprint density at radius 2 is 2.20 bits per heavy atom. The summed E-state index contributed by atoms with van der Waals surface area (Å²) in [7, 11) is 0. The highest BCUT2D eigenvalue weighted by atomic mass is 19.1. The lowest BCUT2D eigenvalue weighted by molar-refractivity contribution is -0.117. The summed E-state index contributed by atoms with van der Waals surface area (Å²) >= 11 is 0. The Morgan fingerprint density at radius 3 is 2.73 bits per heavy atom. The van der Waals surface area contributed by atoms with Crippen LogP contribution in [0.3, 0.4) is 0 Å². The number of carbonyl (C=O) groups excluding carboxylic acids is 2. The lowest BCUT2D eigenvalue weighted by atomic mass is 10.2. The Bertz CT molecular complexity index is 370. The molecular weight excluding hydrogens is 201 g/mol.